The predicted octanol–water partition coefficient (Wildman–Crippen LogP) is 1.98. The van der Waals surface area contributed by atoms with Crippen LogP contribution in [0.4, 0.5) is 0 Å². The van der Waals surface area contributed by atoms with Crippen molar-refractivity contribution in [3.63, 3.8) is 0 Å². The van der Waals surface area contributed by atoms with E-state index < -0.39 is 6.10 Å². The number of para-hydroxylation sites is 1. The lowest BCUT2D eigenvalue weighted by molar-refractivity contribution is 0.139. The first-order valence-electron chi connectivity index (χ1n) is 7.65. The number of hydrogen-bond donors (Lipinski definition) is 3. The Balaban J connectivity index is 2.11. The zero-order chi connectivity index (χ0) is 15.4. The average Bonchev–Trinajstić information content (AvgIpc) is 2.74. The fourth-order valence-electron chi connectivity index (χ4n) is 2.76. The van der Waals surface area contributed by atoms with Crippen LogP contribution in [0.1, 0.15) is 24.6 Å². The summed E-state index contributed by atoms with van der Waals surface area (Å²) >= 11 is 0. The van der Waals surface area contributed by atoms with Crippen LogP contribution in [0.25, 0.3) is 10.9 Å². The third-order valence-corrected chi connectivity index (χ3v) is 4.30. The molecular weight excluding hydrogens is 264 g/mol. The molecule has 0 spiro atoms. The van der Waals surface area contributed by atoms with Gasteiger partial charge < -0.3 is 20.1 Å². The van der Waals surface area contributed by atoms with Gasteiger partial charge in [-0.3, -0.25) is 0 Å². The summed E-state index contributed by atoms with van der Waals surface area (Å²) < 4.78 is 2.18. The summed E-state index contributed by atoms with van der Waals surface area (Å²) in [4.78, 5) is 0. The highest BCUT2D eigenvalue weighted by molar-refractivity contribution is 5.85. The number of rotatable bonds is 7. The van der Waals surface area contributed by atoms with Crippen LogP contribution in [-0.4, -0.2) is 40.1 Å². The second-order valence-electron chi connectivity index (χ2n) is 5.69. The number of nitrogens with one attached hydrogen (secondary N) is 1. The number of aryl methyl sites for hydroxylation is 1. The summed E-state index contributed by atoms with van der Waals surface area (Å²) in [6.07, 6.45) is 0.382. The van der Waals surface area contributed by atoms with Gasteiger partial charge in [-0.15, -0.1) is 0 Å². The molecule has 2 aromatic rings. The Kier molecular flexibility index (Phi) is 5.39. The Morgan fingerprint density at radius 1 is 1.24 bits per heavy atom. The highest BCUT2D eigenvalue weighted by Crippen LogP contribution is 2.25. The lowest BCUT2D eigenvalue weighted by Gasteiger charge is -2.19. The summed E-state index contributed by atoms with van der Waals surface area (Å²) in [5.41, 5.74) is 3.64. The molecule has 2 rings (SSSR count). The quantitative estimate of drug-likeness (QED) is 0.731. The van der Waals surface area contributed by atoms with Gasteiger partial charge in [0.1, 0.15) is 0 Å². The van der Waals surface area contributed by atoms with Crippen molar-refractivity contribution < 1.29 is 10.2 Å². The van der Waals surface area contributed by atoms with Gasteiger partial charge in [0.25, 0.3) is 0 Å². The molecule has 3 N–H and O–H groups in total. The smallest absolute Gasteiger partial charge is 0.0843 e. The van der Waals surface area contributed by atoms with E-state index in [-0.39, 0.29) is 12.6 Å². The van der Waals surface area contributed by atoms with Gasteiger partial charge in [-0.25, -0.2) is 0 Å². The first kappa shape index (κ1) is 16.0. The average molecular weight is 290 g/mol. The van der Waals surface area contributed by atoms with Crippen molar-refractivity contribution in [3.8, 4) is 0 Å². The minimum atomic E-state index is -0.473. The molecule has 0 saturated heterocycles. The van der Waals surface area contributed by atoms with Crippen molar-refractivity contribution in [2.45, 2.75) is 45.9 Å². The minimum absolute atomic E-state index is 0.0592. The highest BCUT2D eigenvalue weighted by atomic mass is 16.3. The van der Waals surface area contributed by atoms with Crippen LogP contribution in [-0.2, 0) is 6.54 Å². The predicted molar refractivity (Wildman–Crippen MR) is 86.6 cm³/mol. The molecule has 0 amide bonds. The van der Waals surface area contributed by atoms with Crippen molar-refractivity contribution in [1.29, 1.82) is 0 Å². The third-order valence-electron chi connectivity index (χ3n) is 4.30. The van der Waals surface area contributed by atoms with Crippen molar-refractivity contribution in [2.75, 3.05) is 13.2 Å². The first-order chi connectivity index (χ1) is 10.1. The zero-order valence-corrected chi connectivity index (χ0v) is 13.1. The van der Waals surface area contributed by atoms with Crippen LogP contribution in [0.15, 0.2) is 24.3 Å². The lowest BCUT2D eigenvalue weighted by atomic mass is 10.2. The molecule has 0 radical (unpaired) electrons. The number of aliphatic hydroxyl groups excluding tert-OH is 2. The molecule has 21 heavy (non-hydrogen) atoms. The molecule has 4 heteroatoms. The Bertz CT molecular complexity index is 588. The maximum atomic E-state index is 10.3. The molecule has 1 aromatic heterocycles. The van der Waals surface area contributed by atoms with E-state index in [1.165, 1.54) is 22.2 Å². The lowest BCUT2D eigenvalue weighted by Crippen LogP contribution is -2.39. The van der Waals surface area contributed by atoms with E-state index in [2.05, 4.69) is 35.9 Å². The Hall–Kier alpha value is -1.36. The van der Waals surface area contributed by atoms with Gasteiger partial charge in [0.2, 0.25) is 0 Å². The third kappa shape index (κ3) is 3.46. The van der Waals surface area contributed by atoms with Crippen LogP contribution in [0, 0.1) is 13.8 Å². The zero-order valence-electron chi connectivity index (χ0n) is 13.1. The molecule has 1 aromatic carbocycles. The van der Waals surface area contributed by atoms with Gasteiger partial charge in [-0.2, -0.15) is 0 Å². The summed E-state index contributed by atoms with van der Waals surface area (Å²) in [5, 5.41) is 23.9. The Morgan fingerprint density at radius 2 is 1.95 bits per heavy atom. The summed E-state index contributed by atoms with van der Waals surface area (Å²) in [7, 11) is 0. The van der Waals surface area contributed by atoms with E-state index in [0.29, 0.717) is 13.1 Å². The number of aliphatic hydroxyl groups is 2. The van der Waals surface area contributed by atoms with E-state index in [9.17, 15) is 5.11 Å². The highest BCUT2D eigenvalue weighted by Gasteiger charge is 2.14. The van der Waals surface area contributed by atoms with Gasteiger partial charge in [0.05, 0.1) is 19.3 Å². The van der Waals surface area contributed by atoms with Crippen molar-refractivity contribution in [2.24, 2.45) is 0 Å². The molecular formula is C17H26N2O2. The van der Waals surface area contributed by atoms with Gasteiger partial charge in [0, 0.05) is 29.2 Å². The van der Waals surface area contributed by atoms with E-state index in [0.717, 1.165) is 6.42 Å². The van der Waals surface area contributed by atoms with Crippen LogP contribution >= 0.6 is 0 Å². The van der Waals surface area contributed by atoms with Gasteiger partial charge in [-0.1, -0.05) is 25.1 Å². The monoisotopic (exact) mass is 290 g/mol. The number of benzene rings is 1. The van der Waals surface area contributed by atoms with E-state index in [1.54, 1.807) is 0 Å². The molecule has 0 aliphatic heterocycles. The topological polar surface area (TPSA) is 57.4 Å². The van der Waals surface area contributed by atoms with E-state index in [1.807, 2.05) is 19.1 Å². The molecule has 0 fully saturated rings. The molecule has 0 unspecified atom stereocenters. The van der Waals surface area contributed by atoms with Crippen LogP contribution in [0.5, 0.6) is 0 Å². The molecule has 0 aliphatic rings. The first-order valence-corrected chi connectivity index (χ1v) is 7.65. The SMILES string of the molecule is CC[C@@H](CO)NC[C@H](O)Cn1c(C)c(C)c2ccccc21. The fraction of sp³-hybridized carbons (Fsp3) is 0.529. The number of fused-ring (bicyclic) bond motifs is 1. The number of aromatic nitrogens is 1. The molecule has 0 aliphatic carbocycles. The number of nitrogens with zero attached hydrogens (tertiary/aromatic N) is 1. The summed E-state index contributed by atoms with van der Waals surface area (Å²) in [6, 6.07) is 8.35. The molecule has 1 heterocycles. The van der Waals surface area contributed by atoms with Crippen molar-refractivity contribution in [3.05, 3.63) is 35.5 Å². The van der Waals surface area contributed by atoms with Crippen molar-refractivity contribution in [1.82, 2.24) is 9.88 Å². The molecule has 116 valence electrons. The molecule has 0 bridgehead atoms. The van der Waals surface area contributed by atoms with Gasteiger partial charge in [-0.05, 0) is 31.9 Å². The largest absolute Gasteiger partial charge is 0.395 e. The number of hydrogen-bond acceptors (Lipinski definition) is 3. The van der Waals surface area contributed by atoms with Gasteiger partial charge >= 0.3 is 0 Å². The summed E-state index contributed by atoms with van der Waals surface area (Å²) in [5.74, 6) is 0. The maximum absolute atomic E-state index is 10.3. The summed E-state index contributed by atoms with van der Waals surface area (Å²) in [6.45, 7) is 7.40. The normalized spacial score (nSPS) is 14.5. The molecule has 2 atom stereocenters. The van der Waals surface area contributed by atoms with E-state index in [4.69, 9.17) is 5.11 Å². The minimum Gasteiger partial charge on any atom is -0.395 e. The fourth-order valence-corrected chi connectivity index (χ4v) is 2.76. The molecule has 4 nitrogen and oxygen atoms in total. The molecule has 0 saturated carbocycles. The van der Waals surface area contributed by atoms with E-state index >= 15 is 0 Å². The van der Waals surface area contributed by atoms with Crippen LogP contribution in [0.2, 0.25) is 0 Å². The van der Waals surface area contributed by atoms with Crippen LogP contribution < -0.4 is 5.32 Å². The standard InChI is InChI=1S/C17H26N2O2/c1-4-14(11-20)18-9-15(21)10-19-13(3)12(2)16-7-5-6-8-17(16)19/h5-8,14-15,18,20-21H,4,9-11H2,1-3H3/t14-,15-/m0/s1. The Labute approximate surface area is 126 Å². The Morgan fingerprint density at radius 3 is 2.62 bits per heavy atom. The van der Waals surface area contributed by atoms with Gasteiger partial charge in [0.15, 0.2) is 0 Å². The second kappa shape index (κ2) is 7.07. The maximum Gasteiger partial charge on any atom is 0.0843 e. The van der Waals surface area contributed by atoms with Crippen molar-refractivity contribution >= 4 is 10.9 Å². The second-order valence-corrected chi connectivity index (χ2v) is 5.69. The van der Waals surface area contributed by atoms with Crippen LogP contribution in [0.3, 0.4) is 0 Å².